The van der Waals surface area contributed by atoms with Crippen LogP contribution in [-0.2, 0) is 50.9 Å². The van der Waals surface area contributed by atoms with Gasteiger partial charge in [-0.2, -0.15) is 0 Å². The highest BCUT2D eigenvalue weighted by molar-refractivity contribution is 6.31. The number of halogens is 1. The van der Waals surface area contributed by atoms with Gasteiger partial charge in [-0.3, -0.25) is 19.3 Å². The number of piperazine rings is 1. The molecule has 8 rings (SSSR count). The lowest BCUT2D eigenvalue weighted by atomic mass is 9.51. The Bertz CT molecular complexity index is 1860. The number of hydrogen-bond acceptors (Lipinski definition) is 5. The van der Waals surface area contributed by atoms with Crippen molar-refractivity contribution < 1.29 is 19.2 Å². The third kappa shape index (κ3) is 5.28. The number of likely N-dealkylation sites (N-methyl/N-ethyl adjacent to an activating group) is 1. The molecular formula is C38H41ClN4O4. The molecule has 1 aromatic heterocycles. The number of piperidine rings is 2. The van der Waals surface area contributed by atoms with Crippen LogP contribution >= 0.6 is 11.6 Å². The van der Waals surface area contributed by atoms with E-state index in [2.05, 4.69) is 59.0 Å². The second-order valence-corrected chi connectivity index (χ2v) is 14.2. The van der Waals surface area contributed by atoms with Crippen molar-refractivity contribution >= 4 is 34.3 Å². The molecule has 3 saturated heterocycles. The largest absolute Gasteiger partial charge is 0.356 e. The normalized spacial score (nSPS) is 24.7. The van der Waals surface area contributed by atoms with Crippen LogP contribution in [0.15, 0.2) is 91.0 Å². The van der Waals surface area contributed by atoms with Crippen LogP contribution in [0, 0.1) is 5.92 Å². The van der Waals surface area contributed by atoms with Crippen molar-refractivity contribution in [1.29, 1.82) is 0 Å². The topological polar surface area (TPSA) is 76.0 Å². The van der Waals surface area contributed by atoms with E-state index in [1.54, 1.807) is 13.1 Å². The Morgan fingerprint density at radius 3 is 2.47 bits per heavy atom. The fraction of sp³-hybridized carbons (Fsp3) is 0.368. The summed E-state index contributed by atoms with van der Waals surface area (Å²) in [5, 5.41) is 6.51. The number of aromatic nitrogens is 1. The Morgan fingerprint density at radius 1 is 1.06 bits per heavy atom. The van der Waals surface area contributed by atoms with Gasteiger partial charge in [0.15, 0.2) is 0 Å². The number of hydrogen-bond donors (Lipinski definition) is 1. The highest BCUT2D eigenvalue weighted by atomic mass is 35.5. The molecule has 2 bridgehead atoms. The van der Waals surface area contributed by atoms with Crippen LogP contribution in [0.1, 0.15) is 42.7 Å². The van der Waals surface area contributed by atoms with E-state index in [0.717, 1.165) is 22.0 Å². The molecule has 3 aliphatic heterocycles. The Hall–Kier alpha value is -3.95. The summed E-state index contributed by atoms with van der Waals surface area (Å²) in [7, 11) is 3.02. The number of nitrogens with zero attached hydrogens (tertiary/aromatic N) is 3. The minimum Gasteiger partial charge on any atom is -0.356 e. The molecule has 0 saturated carbocycles. The molecule has 0 unspecified atom stereocenters. The summed E-state index contributed by atoms with van der Waals surface area (Å²) in [6.45, 7) is 6.68. The van der Waals surface area contributed by atoms with Gasteiger partial charge in [-0.05, 0) is 53.7 Å². The zero-order chi connectivity index (χ0) is 33.0. The monoisotopic (exact) mass is 652 g/mol. The Balaban J connectivity index is 1.33. The molecule has 4 heterocycles. The highest BCUT2D eigenvalue weighted by Crippen LogP contribution is 2.58. The zero-order valence-corrected chi connectivity index (χ0v) is 28.1. The van der Waals surface area contributed by atoms with E-state index in [9.17, 15) is 9.59 Å². The highest BCUT2D eigenvalue weighted by Gasteiger charge is 2.67. The number of carbonyl (C=O) groups is 2. The van der Waals surface area contributed by atoms with Crippen molar-refractivity contribution in [2.24, 2.45) is 5.92 Å². The van der Waals surface area contributed by atoms with Crippen molar-refractivity contribution in [2.75, 3.05) is 20.7 Å². The third-order valence-corrected chi connectivity index (χ3v) is 10.9. The lowest BCUT2D eigenvalue weighted by Gasteiger charge is -2.66. The van der Waals surface area contributed by atoms with Crippen molar-refractivity contribution in [3.63, 3.8) is 0 Å². The minimum absolute atomic E-state index is 0.0692. The van der Waals surface area contributed by atoms with Crippen molar-refractivity contribution in [3.8, 4) is 0 Å². The maximum atomic E-state index is 14.4. The fourth-order valence-electron chi connectivity index (χ4n) is 8.50. The lowest BCUT2D eigenvalue weighted by molar-refractivity contribution is -0.163. The van der Waals surface area contributed by atoms with Crippen LogP contribution in [0.4, 0.5) is 0 Å². The number of ether oxygens (including phenoxy) is 1. The van der Waals surface area contributed by atoms with Crippen LogP contribution in [-0.4, -0.2) is 58.1 Å². The SMILES string of the molecule is CON(C)C(=O)/C=C/[C@@]12C[C@H]3C(C)(C)c4c(c5ccc(Cl)cc5n4COCc4ccccc4)C[C@]3(CN1Cc1ccccc1)NC2=O. The van der Waals surface area contributed by atoms with E-state index in [-0.39, 0.29) is 23.1 Å². The van der Waals surface area contributed by atoms with Gasteiger partial charge in [0.05, 0.1) is 24.8 Å². The predicted octanol–water partition coefficient (Wildman–Crippen LogP) is 6.01. The first-order valence-corrected chi connectivity index (χ1v) is 16.5. The number of rotatable bonds is 9. The van der Waals surface area contributed by atoms with E-state index in [1.807, 2.05) is 48.5 Å². The standard InChI is InChI=1S/C38H41ClN4O4/c1-36(2)32-21-38(18-17-33(44)41(3)46-4)35(45)40-37(32,24-42(38)22-26-11-7-5-8-12-26)20-30-29-16-15-28(39)19-31(29)43(34(30)36)25-47-23-27-13-9-6-10-14-27/h5-19,32H,20-25H2,1-4H3,(H,40,45)/b18-17+/t32-,37+,38-/m0/s1. The van der Waals surface area contributed by atoms with Crippen molar-refractivity contribution in [2.45, 2.75) is 63.1 Å². The number of benzene rings is 3. The van der Waals surface area contributed by atoms with Gasteiger partial charge in [0.25, 0.3) is 5.91 Å². The first-order valence-electron chi connectivity index (χ1n) is 16.1. The maximum Gasteiger partial charge on any atom is 0.269 e. The molecule has 4 aliphatic rings. The molecule has 1 spiro atoms. The fourth-order valence-corrected chi connectivity index (χ4v) is 8.67. The predicted molar refractivity (Wildman–Crippen MR) is 182 cm³/mol. The second kappa shape index (κ2) is 11.9. The summed E-state index contributed by atoms with van der Waals surface area (Å²) in [6.07, 6.45) is 4.53. The van der Waals surface area contributed by atoms with Crippen molar-refractivity contribution in [3.05, 3.63) is 118 Å². The van der Waals surface area contributed by atoms with Gasteiger partial charge >= 0.3 is 0 Å². The summed E-state index contributed by atoms with van der Waals surface area (Å²) in [4.78, 5) is 34.7. The Labute approximate surface area is 280 Å². The molecule has 8 nitrogen and oxygen atoms in total. The van der Waals surface area contributed by atoms with Gasteiger partial charge in [-0.15, -0.1) is 0 Å². The van der Waals surface area contributed by atoms with Crippen LogP contribution < -0.4 is 5.32 Å². The first kappa shape index (κ1) is 31.6. The molecular weight excluding hydrogens is 612 g/mol. The number of nitrogens with one attached hydrogen (secondary N) is 1. The summed E-state index contributed by atoms with van der Waals surface area (Å²) < 4.78 is 8.65. The van der Waals surface area contributed by atoms with Gasteiger partial charge in [0, 0.05) is 47.7 Å². The van der Waals surface area contributed by atoms with Gasteiger partial charge in [0.1, 0.15) is 12.3 Å². The molecule has 4 aromatic rings. The molecule has 2 amide bonds. The van der Waals surface area contributed by atoms with Gasteiger partial charge in [-0.25, -0.2) is 5.06 Å². The summed E-state index contributed by atoms with van der Waals surface area (Å²) in [6, 6.07) is 26.5. The molecule has 1 N–H and O–H groups in total. The summed E-state index contributed by atoms with van der Waals surface area (Å²) in [5.74, 6) is -0.327. The Kier molecular flexibility index (Phi) is 8.03. The van der Waals surface area contributed by atoms with Crippen LogP contribution in [0.2, 0.25) is 5.02 Å². The number of fused-ring (bicyclic) bond motifs is 5. The first-order chi connectivity index (χ1) is 22.6. The lowest BCUT2D eigenvalue weighted by Crippen LogP contribution is -2.83. The van der Waals surface area contributed by atoms with Gasteiger partial charge in [-0.1, -0.05) is 92.2 Å². The molecule has 244 valence electrons. The van der Waals surface area contributed by atoms with Crippen molar-refractivity contribution in [1.82, 2.24) is 19.8 Å². The van der Waals surface area contributed by atoms with Crippen LogP contribution in [0.25, 0.3) is 10.9 Å². The van der Waals surface area contributed by atoms with E-state index >= 15 is 0 Å². The maximum absolute atomic E-state index is 14.4. The molecule has 0 radical (unpaired) electrons. The van der Waals surface area contributed by atoms with E-state index in [1.165, 1.54) is 29.5 Å². The number of amides is 2. The zero-order valence-electron chi connectivity index (χ0n) is 27.3. The number of hydroxylamine groups is 2. The quantitative estimate of drug-likeness (QED) is 0.177. The summed E-state index contributed by atoms with van der Waals surface area (Å²) >= 11 is 6.60. The molecule has 9 heteroatoms. The second-order valence-electron chi connectivity index (χ2n) is 13.8. The Morgan fingerprint density at radius 2 is 1.77 bits per heavy atom. The van der Waals surface area contributed by atoms with Gasteiger partial charge in [0.2, 0.25) is 5.91 Å². The summed E-state index contributed by atoms with van der Waals surface area (Å²) in [5.41, 5.74) is 3.80. The van der Waals surface area contributed by atoms with Crippen LogP contribution in [0.5, 0.6) is 0 Å². The van der Waals surface area contributed by atoms with E-state index in [0.29, 0.717) is 44.3 Å². The smallest absolute Gasteiger partial charge is 0.269 e. The molecule has 3 aromatic carbocycles. The molecule has 3 fully saturated rings. The van der Waals surface area contributed by atoms with Gasteiger partial charge < -0.3 is 14.6 Å². The minimum atomic E-state index is -1.02. The molecule has 47 heavy (non-hydrogen) atoms. The van der Waals surface area contributed by atoms with E-state index < -0.39 is 11.1 Å². The van der Waals surface area contributed by atoms with E-state index in [4.69, 9.17) is 21.2 Å². The molecule has 3 atom stereocenters. The average molecular weight is 653 g/mol. The van der Waals surface area contributed by atoms with Crippen LogP contribution in [0.3, 0.4) is 0 Å². The third-order valence-electron chi connectivity index (χ3n) is 10.7. The number of carbonyl (C=O) groups excluding carboxylic acids is 2. The average Bonchev–Trinajstić information content (AvgIpc) is 3.36. The molecule has 1 aliphatic carbocycles.